The second-order valence-electron chi connectivity index (χ2n) is 14.5. The number of quaternary nitrogens is 1. The van der Waals surface area contributed by atoms with Crippen LogP contribution in [-0.2, 0) is 14.3 Å². The Balaban J connectivity index is 1.19. The van der Waals surface area contributed by atoms with Crippen molar-refractivity contribution in [3.05, 3.63) is 5.21 Å². The lowest BCUT2D eigenvalue weighted by Gasteiger charge is -2.59. The van der Waals surface area contributed by atoms with E-state index in [2.05, 4.69) is 27.7 Å². The summed E-state index contributed by atoms with van der Waals surface area (Å²) in [6.07, 6.45) is 10.6. The number of fused-ring (bicyclic) bond motifs is 8. The molecule has 3 heterocycles. The molecule has 0 N–H and O–H groups in total. The SMILES string of the molecule is CC(=O)O[C@@H]1CC[C@]2(C)[C@@H]3CC[C@@]4(C)[C@H]5[C@H](C)[C@@H]6CC[C@H](C)C[N@+]6([O-])[C@@H]5C[C@@H]4[C@@H]3C[C@@H]3O[C@@]32C1. The number of hydrogen-bond acceptors (Lipinski definition) is 4. The van der Waals surface area contributed by atoms with E-state index in [1.54, 1.807) is 0 Å². The van der Waals surface area contributed by atoms with Crippen LogP contribution in [0, 0.1) is 51.5 Å². The summed E-state index contributed by atoms with van der Waals surface area (Å²) < 4.78 is 12.5. The quantitative estimate of drug-likeness (QED) is 0.221. The molecule has 0 amide bonds. The van der Waals surface area contributed by atoms with E-state index >= 15 is 0 Å². The van der Waals surface area contributed by atoms with Crippen LogP contribution in [0.25, 0.3) is 0 Å². The summed E-state index contributed by atoms with van der Waals surface area (Å²) in [5, 5.41) is 14.5. The molecular formula is C29H45NO4. The average Bonchev–Trinajstić information content (AvgIpc) is 3.27. The van der Waals surface area contributed by atoms with Gasteiger partial charge in [-0.05, 0) is 61.7 Å². The minimum Gasteiger partial charge on any atom is -0.632 e. The van der Waals surface area contributed by atoms with Gasteiger partial charge in [0.1, 0.15) is 11.7 Å². The molecule has 7 aliphatic rings. The van der Waals surface area contributed by atoms with Crippen molar-refractivity contribution in [2.75, 3.05) is 6.54 Å². The maximum atomic E-state index is 14.5. The molecule has 3 saturated heterocycles. The van der Waals surface area contributed by atoms with E-state index in [0.29, 0.717) is 59.1 Å². The number of epoxide rings is 1. The molecule has 14 atom stereocenters. The lowest BCUT2D eigenvalue weighted by Crippen LogP contribution is -2.59. The zero-order valence-corrected chi connectivity index (χ0v) is 21.9. The van der Waals surface area contributed by atoms with Crippen molar-refractivity contribution < 1.29 is 18.9 Å². The third kappa shape index (κ3) is 2.55. The molecule has 34 heavy (non-hydrogen) atoms. The van der Waals surface area contributed by atoms with Crippen LogP contribution in [0.4, 0.5) is 0 Å². The zero-order valence-electron chi connectivity index (χ0n) is 21.9. The standard InChI is InChI=1S/C29H45NO4/c1-16-6-7-23-17(2)26-24(30(23,32)15-16)13-22-20-12-25-29(34-25)14-19(33-18(3)31)8-11-28(29,5)21(20)9-10-27(22,26)4/h16-17,19-26H,6-15H2,1-5H3/t16-,17+,19+,20+,21+,22+,23-,24+,25-,26-,27+,28+,29-,30+/m0/s1. The van der Waals surface area contributed by atoms with Gasteiger partial charge in [0.15, 0.2) is 0 Å². The summed E-state index contributed by atoms with van der Waals surface area (Å²) in [5.74, 6) is 3.64. The molecule has 7 rings (SSSR count). The van der Waals surface area contributed by atoms with Gasteiger partial charge in [-0.25, -0.2) is 0 Å². The van der Waals surface area contributed by atoms with Gasteiger partial charge in [0, 0.05) is 49.4 Å². The van der Waals surface area contributed by atoms with Crippen LogP contribution in [-0.4, -0.2) is 47.1 Å². The number of ether oxygens (including phenoxy) is 2. The molecular weight excluding hydrogens is 426 g/mol. The Morgan fingerprint density at radius 2 is 1.82 bits per heavy atom. The van der Waals surface area contributed by atoms with E-state index in [0.717, 1.165) is 38.6 Å². The topological polar surface area (TPSA) is 61.9 Å². The number of hydrogen-bond donors (Lipinski definition) is 0. The fourth-order valence-electron chi connectivity index (χ4n) is 12.1. The average molecular weight is 472 g/mol. The fourth-order valence-corrected chi connectivity index (χ4v) is 12.1. The van der Waals surface area contributed by atoms with E-state index in [4.69, 9.17) is 9.47 Å². The second kappa shape index (κ2) is 6.81. The first-order chi connectivity index (χ1) is 16.0. The first-order valence-electron chi connectivity index (χ1n) is 14.5. The van der Waals surface area contributed by atoms with Crippen molar-refractivity contribution in [3.8, 4) is 0 Å². The van der Waals surface area contributed by atoms with Gasteiger partial charge in [-0.2, -0.15) is 0 Å². The van der Waals surface area contributed by atoms with Gasteiger partial charge in [-0.1, -0.05) is 27.7 Å². The highest BCUT2D eigenvalue weighted by molar-refractivity contribution is 5.66. The Labute approximate surface area is 205 Å². The van der Waals surface area contributed by atoms with E-state index in [9.17, 15) is 10.0 Å². The first kappa shape index (κ1) is 22.5. The smallest absolute Gasteiger partial charge is 0.302 e. The summed E-state index contributed by atoms with van der Waals surface area (Å²) in [7, 11) is 0. The number of hydroxylamine groups is 3. The number of nitrogens with zero attached hydrogens (tertiary/aromatic N) is 1. The Hall–Kier alpha value is -0.650. The minimum absolute atomic E-state index is 0.0236. The highest BCUT2D eigenvalue weighted by Gasteiger charge is 2.78. The molecule has 3 aliphatic heterocycles. The van der Waals surface area contributed by atoms with Crippen molar-refractivity contribution in [3.63, 3.8) is 0 Å². The van der Waals surface area contributed by atoms with E-state index < -0.39 is 0 Å². The molecule has 7 fully saturated rings. The molecule has 0 radical (unpaired) electrons. The van der Waals surface area contributed by atoms with Crippen molar-refractivity contribution in [2.45, 2.75) is 122 Å². The van der Waals surface area contributed by atoms with Crippen LogP contribution in [0.3, 0.4) is 0 Å². The maximum Gasteiger partial charge on any atom is 0.302 e. The molecule has 0 aromatic rings. The van der Waals surface area contributed by atoms with Crippen molar-refractivity contribution in [1.82, 2.24) is 0 Å². The Kier molecular flexibility index (Phi) is 4.51. The second-order valence-corrected chi connectivity index (χ2v) is 14.5. The molecule has 190 valence electrons. The van der Waals surface area contributed by atoms with Gasteiger partial charge in [-0.15, -0.1) is 0 Å². The van der Waals surface area contributed by atoms with Crippen molar-refractivity contribution >= 4 is 5.97 Å². The number of carbonyl (C=O) groups is 1. The number of esters is 1. The number of carbonyl (C=O) groups excluding carboxylic acids is 1. The molecule has 5 nitrogen and oxygen atoms in total. The predicted octanol–water partition coefficient (Wildman–Crippen LogP) is 5.45. The van der Waals surface area contributed by atoms with Crippen LogP contribution in [0.1, 0.15) is 92.4 Å². The zero-order chi connectivity index (χ0) is 23.8. The fraction of sp³-hybridized carbons (Fsp3) is 0.966. The van der Waals surface area contributed by atoms with Crippen LogP contribution in [0.15, 0.2) is 0 Å². The van der Waals surface area contributed by atoms with E-state index in [1.165, 1.54) is 32.6 Å². The summed E-state index contributed by atoms with van der Waals surface area (Å²) in [6.45, 7) is 12.3. The van der Waals surface area contributed by atoms with Crippen LogP contribution >= 0.6 is 0 Å². The third-order valence-electron chi connectivity index (χ3n) is 13.3. The molecule has 0 aromatic heterocycles. The van der Waals surface area contributed by atoms with Gasteiger partial charge < -0.3 is 19.3 Å². The molecule has 4 aliphatic carbocycles. The molecule has 0 aromatic carbocycles. The van der Waals surface area contributed by atoms with Gasteiger partial charge >= 0.3 is 5.97 Å². The van der Waals surface area contributed by atoms with Crippen LogP contribution in [0.2, 0.25) is 0 Å². The summed E-state index contributed by atoms with van der Waals surface area (Å²) in [4.78, 5) is 11.6. The number of piperidine rings is 1. The van der Waals surface area contributed by atoms with Gasteiger partial charge in [0.05, 0.1) is 24.7 Å². The highest BCUT2D eigenvalue weighted by atomic mass is 16.6. The Morgan fingerprint density at radius 3 is 2.59 bits per heavy atom. The van der Waals surface area contributed by atoms with E-state index in [-0.39, 0.29) is 27.7 Å². The number of rotatable bonds is 1. The van der Waals surface area contributed by atoms with E-state index in [1.807, 2.05) is 0 Å². The van der Waals surface area contributed by atoms with Crippen LogP contribution in [0.5, 0.6) is 0 Å². The van der Waals surface area contributed by atoms with Gasteiger partial charge in [-0.3, -0.25) is 4.79 Å². The normalized spacial score (nSPS) is 63.5. The Morgan fingerprint density at radius 1 is 1.03 bits per heavy atom. The third-order valence-corrected chi connectivity index (χ3v) is 13.3. The molecule has 5 heteroatoms. The van der Waals surface area contributed by atoms with Gasteiger partial charge in [0.2, 0.25) is 0 Å². The van der Waals surface area contributed by atoms with Crippen LogP contribution < -0.4 is 0 Å². The highest BCUT2D eigenvalue weighted by Crippen LogP contribution is 2.76. The summed E-state index contributed by atoms with van der Waals surface area (Å²) in [5.41, 5.74) is 0.442. The predicted molar refractivity (Wildman–Crippen MR) is 129 cm³/mol. The summed E-state index contributed by atoms with van der Waals surface area (Å²) >= 11 is 0. The molecule has 1 spiro atoms. The summed E-state index contributed by atoms with van der Waals surface area (Å²) in [6, 6.07) is 0.678. The first-order valence-corrected chi connectivity index (χ1v) is 14.5. The monoisotopic (exact) mass is 471 g/mol. The van der Waals surface area contributed by atoms with Crippen molar-refractivity contribution in [2.24, 2.45) is 46.3 Å². The minimum atomic E-state index is -0.157. The largest absolute Gasteiger partial charge is 0.632 e. The maximum absolute atomic E-state index is 14.5. The lowest BCUT2D eigenvalue weighted by atomic mass is 9.44. The molecule has 0 unspecified atom stereocenters. The lowest BCUT2D eigenvalue weighted by molar-refractivity contribution is -0.926. The van der Waals surface area contributed by atoms with Gasteiger partial charge in [0.25, 0.3) is 0 Å². The Bertz CT molecular complexity index is 909. The molecule has 0 bridgehead atoms. The van der Waals surface area contributed by atoms with Crippen molar-refractivity contribution in [1.29, 1.82) is 0 Å². The molecule has 4 saturated carbocycles.